The van der Waals surface area contributed by atoms with Crippen molar-refractivity contribution in [2.24, 2.45) is 0 Å². The second kappa shape index (κ2) is 9.19. The Labute approximate surface area is 175 Å². The number of aromatic nitrogens is 2. The molecule has 152 valence electrons. The first-order valence-electron chi connectivity index (χ1n) is 8.77. The van der Waals surface area contributed by atoms with E-state index in [1.54, 1.807) is 43.3 Å². The summed E-state index contributed by atoms with van der Waals surface area (Å²) in [7, 11) is 0. The largest absolute Gasteiger partial charge is 0.426 e. The lowest BCUT2D eigenvalue weighted by Crippen LogP contribution is -2.23. The standard InChI is InChI=1S/C21H17N2O6S/c1-13-11-22-18(12-23(13)27)20(25)29-15-7-9-16(10-8-15)30-21(26)17-5-3-4-6-19(17)28-14(2)24/h3-12H,1-2H3,(H,22,27)/q+1. The van der Waals surface area contributed by atoms with Crippen LogP contribution in [0.2, 0.25) is 0 Å². The zero-order chi connectivity index (χ0) is 21.7. The summed E-state index contributed by atoms with van der Waals surface area (Å²) in [6.45, 7) is 2.86. The lowest BCUT2D eigenvalue weighted by molar-refractivity contribution is -0.503. The average molecular weight is 425 g/mol. The van der Waals surface area contributed by atoms with Crippen molar-refractivity contribution in [1.29, 1.82) is 0 Å². The summed E-state index contributed by atoms with van der Waals surface area (Å²) in [6, 6.07) is 12.8. The van der Waals surface area contributed by atoms with Gasteiger partial charge in [0.2, 0.25) is 5.12 Å². The molecule has 3 aromatic rings. The van der Waals surface area contributed by atoms with Crippen LogP contribution >= 0.6 is 11.8 Å². The number of benzene rings is 2. The molecule has 0 amide bonds. The van der Waals surface area contributed by atoms with Gasteiger partial charge in [-0.3, -0.25) is 9.59 Å². The first kappa shape index (κ1) is 21.0. The molecule has 0 saturated heterocycles. The van der Waals surface area contributed by atoms with Crippen molar-refractivity contribution < 1.29 is 28.3 Å². The number of nitrogens with zero attached hydrogens (tertiary/aromatic N) is 1. The lowest BCUT2D eigenvalue weighted by Gasteiger charge is -2.08. The third-order valence-corrected chi connectivity index (χ3v) is 4.77. The smallest absolute Gasteiger partial charge is 0.366 e. The van der Waals surface area contributed by atoms with Gasteiger partial charge in [0, 0.05) is 23.7 Å². The Balaban J connectivity index is 1.68. The molecule has 1 aromatic heterocycles. The minimum Gasteiger partial charge on any atom is -0.426 e. The minimum atomic E-state index is -0.716. The summed E-state index contributed by atoms with van der Waals surface area (Å²) in [5.74, 6) is -0.785. The van der Waals surface area contributed by atoms with Crippen molar-refractivity contribution in [1.82, 2.24) is 4.98 Å². The third kappa shape index (κ3) is 5.21. The Morgan fingerprint density at radius 2 is 1.70 bits per heavy atom. The number of nitrogens with one attached hydrogen (secondary N) is 1. The molecule has 0 aliphatic carbocycles. The van der Waals surface area contributed by atoms with Gasteiger partial charge >= 0.3 is 11.9 Å². The number of esters is 2. The van der Waals surface area contributed by atoms with Crippen LogP contribution in [-0.4, -0.2) is 22.0 Å². The van der Waals surface area contributed by atoms with Crippen LogP contribution in [-0.2, 0) is 4.79 Å². The van der Waals surface area contributed by atoms with E-state index >= 15 is 0 Å². The molecule has 2 aromatic carbocycles. The second-order valence-corrected chi connectivity index (χ2v) is 7.19. The monoisotopic (exact) mass is 425 g/mol. The van der Waals surface area contributed by atoms with E-state index in [1.807, 2.05) is 0 Å². The van der Waals surface area contributed by atoms with Crippen LogP contribution in [0.3, 0.4) is 0 Å². The van der Waals surface area contributed by atoms with Gasteiger partial charge in [-0.2, -0.15) is 0 Å². The molecule has 0 aliphatic rings. The number of rotatable bonds is 5. The highest BCUT2D eigenvalue weighted by Gasteiger charge is 2.17. The Morgan fingerprint density at radius 1 is 1.00 bits per heavy atom. The topological polar surface area (TPSA) is 108 Å². The molecule has 0 fully saturated rings. The van der Waals surface area contributed by atoms with Crippen molar-refractivity contribution in [2.45, 2.75) is 18.7 Å². The predicted octanol–water partition coefficient (Wildman–Crippen LogP) is 3.31. The van der Waals surface area contributed by atoms with E-state index in [1.165, 1.54) is 25.3 Å². The second-order valence-electron chi connectivity index (χ2n) is 6.14. The molecule has 0 atom stereocenters. The first-order chi connectivity index (χ1) is 14.3. The van der Waals surface area contributed by atoms with Crippen molar-refractivity contribution in [3.8, 4) is 11.5 Å². The fourth-order valence-corrected chi connectivity index (χ4v) is 3.16. The van der Waals surface area contributed by atoms with Gasteiger partial charge in [0.15, 0.2) is 5.69 Å². The van der Waals surface area contributed by atoms with Gasteiger partial charge in [-0.1, -0.05) is 12.1 Å². The van der Waals surface area contributed by atoms with Crippen LogP contribution in [0.1, 0.15) is 33.5 Å². The fraction of sp³-hybridized carbons (Fsp3) is 0.0952. The van der Waals surface area contributed by atoms with E-state index in [2.05, 4.69) is 4.98 Å². The number of ether oxygens (including phenoxy) is 2. The van der Waals surface area contributed by atoms with E-state index < -0.39 is 11.9 Å². The lowest BCUT2D eigenvalue weighted by atomic mass is 10.2. The number of H-pyrrole nitrogens is 1. The Kier molecular flexibility index (Phi) is 6.43. The molecule has 9 heteroatoms. The zero-order valence-corrected chi connectivity index (χ0v) is 16.9. The van der Waals surface area contributed by atoms with E-state index in [0.29, 0.717) is 15.0 Å². The number of para-hydroxylation sites is 1. The highest BCUT2D eigenvalue weighted by molar-refractivity contribution is 8.14. The Morgan fingerprint density at radius 3 is 2.37 bits per heavy atom. The molecule has 0 aliphatic heterocycles. The molecular formula is C21H17N2O6S+. The molecule has 1 N–H and O–H groups in total. The van der Waals surface area contributed by atoms with Gasteiger partial charge in [0.05, 0.1) is 16.2 Å². The highest BCUT2D eigenvalue weighted by atomic mass is 32.2. The van der Waals surface area contributed by atoms with Gasteiger partial charge in [-0.05, 0) is 48.2 Å². The molecule has 0 radical (unpaired) electrons. The minimum absolute atomic E-state index is 0.00584. The number of thioether (sulfide) groups is 1. The van der Waals surface area contributed by atoms with Crippen LogP contribution < -0.4 is 13.9 Å². The number of carbonyl (C=O) groups excluding carboxylic acids is 3. The SMILES string of the molecule is CC(=O)Oc1ccccc1C(=O)Sc1ccc(OC(=O)c2c[n+](=O)c(C)c[nH]2)cc1. The van der Waals surface area contributed by atoms with Crippen molar-refractivity contribution in [3.05, 3.63) is 82.8 Å². The van der Waals surface area contributed by atoms with Crippen LogP contribution in [0.15, 0.2) is 65.8 Å². The summed E-state index contributed by atoms with van der Waals surface area (Å²) in [4.78, 5) is 50.8. The molecule has 30 heavy (non-hydrogen) atoms. The average Bonchev–Trinajstić information content (AvgIpc) is 2.71. The Bertz CT molecular complexity index is 1170. The predicted molar refractivity (Wildman–Crippen MR) is 108 cm³/mol. The summed E-state index contributed by atoms with van der Waals surface area (Å²) in [6.07, 6.45) is 2.50. The summed E-state index contributed by atoms with van der Waals surface area (Å²) in [5.41, 5.74) is 0.688. The van der Waals surface area contributed by atoms with E-state index in [4.69, 9.17) is 9.47 Å². The number of hydrogen-bond donors (Lipinski definition) is 1. The number of carbonyl (C=O) groups is 3. The summed E-state index contributed by atoms with van der Waals surface area (Å²) in [5, 5.41) is -0.300. The van der Waals surface area contributed by atoms with Gasteiger partial charge < -0.3 is 14.5 Å². The van der Waals surface area contributed by atoms with Crippen molar-refractivity contribution in [2.75, 3.05) is 0 Å². The zero-order valence-electron chi connectivity index (χ0n) is 16.1. The molecule has 0 unspecified atom stereocenters. The number of aryl methyl sites for hydroxylation is 1. The highest BCUT2D eigenvalue weighted by Crippen LogP contribution is 2.29. The quantitative estimate of drug-likeness (QED) is 0.289. The molecule has 0 bridgehead atoms. The molecular weight excluding hydrogens is 408 g/mol. The molecule has 8 nitrogen and oxygen atoms in total. The van der Waals surface area contributed by atoms with Crippen LogP contribution in [0.5, 0.6) is 11.5 Å². The number of aromatic amines is 1. The maximum Gasteiger partial charge on any atom is 0.366 e. The molecule has 1 heterocycles. The fourth-order valence-electron chi connectivity index (χ4n) is 2.39. The summed E-state index contributed by atoms with van der Waals surface area (Å²) < 4.78 is 10.9. The van der Waals surface area contributed by atoms with E-state index in [9.17, 15) is 19.3 Å². The van der Waals surface area contributed by atoms with Gasteiger partial charge in [0.1, 0.15) is 11.5 Å². The molecule has 0 saturated carbocycles. The van der Waals surface area contributed by atoms with Crippen LogP contribution in [0.25, 0.3) is 0 Å². The van der Waals surface area contributed by atoms with Crippen LogP contribution in [0, 0.1) is 11.8 Å². The van der Waals surface area contributed by atoms with Crippen molar-refractivity contribution in [3.63, 3.8) is 0 Å². The van der Waals surface area contributed by atoms with Crippen LogP contribution in [0.4, 0.5) is 0 Å². The summed E-state index contributed by atoms with van der Waals surface area (Å²) >= 11 is 0.944. The first-order valence-corrected chi connectivity index (χ1v) is 9.58. The maximum atomic E-state index is 12.6. The molecule has 0 spiro atoms. The maximum absolute atomic E-state index is 12.6. The third-order valence-electron chi connectivity index (χ3n) is 3.86. The normalized spacial score (nSPS) is 10.3. The van der Waals surface area contributed by atoms with Gasteiger partial charge in [-0.25, -0.2) is 4.79 Å². The van der Waals surface area contributed by atoms with Crippen molar-refractivity contribution >= 4 is 28.8 Å². The number of hydrogen-bond acceptors (Lipinski definition) is 7. The van der Waals surface area contributed by atoms with E-state index in [-0.39, 0.29) is 27.9 Å². The molecule has 3 rings (SSSR count). The Hall–Kier alpha value is -3.72. The van der Waals surface area contributed by atoms with Gasteiger partial charge in [0.25, 0.3) is 11.9 Å². The van der Waals surface area contributed by atoms with E-state index in [0.717, 1.165) is 18.0 Å². The van der Waals surface area contributed by atoms with Gasteiger partial charge in [-0.15, -0.1) is 0 Å².